The molecule has 0 radical (unpaired) electrons. The number of rotatable bonds is 0. The van der Waals surface area contributed by atoms with Gasteiger partial charge in [0.05, 0.1) is 0 Å². The molecular formula is C4H9BrMg. The standard InChI is InChI=1S/C3H5.CH3.BrH.Mg/c1-3-2;;;/h3H,1-2H2;1H3;1H;/q2*-1;;+2. The van der Waals surface area contributed by atoms with Gasteiger partial charge >= 0.3 is 23.1 Å². The van der Waals surface area contributed by atoms with Crippen molar-refractivity contribution in [2.24, 2.45) is 0 Å². The Labute approximate surface area is 66.9 Å². The average Bonchev–Trinajstić information content (AvgIpc) is 0.918. The average molecular weight is 161 g/mol. The van der Waals surface area contributed by atoms with Crippen LogP contribution in [0.25, 0.3) is 0 Å². The summed E-state index contributed by atoms with van der Waals surface area (Å²) >= 11 is 0. The van der Waals surface area contributed by atoms with Gasteiger partial charge in [0.2, 0.25) is 0 Å². The molecule has 0 aliphatic heterocycles. The van der Waals surface area contributed by atoms with Gasteiger partial charge in [0.25, 0.3) is 0 Å². The van der Waals surface area contributed by atoms with Crippen LogP contribution in [0.5, 0.6) is 0 Å². The van der Waals surface area contributed by atoms with Gasteiger partial charge in [0.15, 0.2) is 0 Å². The van der Waals surface area contributed by atoms with Crippen LogP contribution in [-0.2, 0) is 0 Å². The van der Waals surface area contributed by atoms with Crippen molar-refractivity contribution < 1.29 is 0 Å². The third-order valence-electron chi connectivity index (χ3n) is 0. The summed E-state index contributed by atoms with van der Waals surface area (Å²) in [5.74, 6) is 0. The van der Waals surface area contributed by atoms with Crippen molar-refractivity contribution in [1.82, 2.24) is 0 Å². The maximum Gasteiger partial charge on any atom is 2.00 e. The van der Waals surface area contributed by atoms with Crippen molar-refractivity contribution in [2.75, 3.05) is 0 Å². The molecule has 0 aromatic rings. The summed E-state index contributed by atoms with van der Waals surface area (Å²) in [5, 5.41) is 0. The van der Waals surface area contributed by atoms with E-state index in [0.717, 1.165) is 0 Å². The first-order valence-electron chi connectivity index (χ1n) is 0.816. The SMILES string of the molecule is Br.C=C[CH2-].[CH3-].[Mg+2]. The zero-order valence-electron chi connectivity index (χ0n) is 4.11. The third-order valence-corrected chi connectivity index (χ3v) is 0. The molecule has 0 aliphatic rings. The minimum Gasteiger partial charge on any atom is -0.358 e. The maximum atomic E-state index is 3.25. The van der Waals surface area contributed by atoms with E-state index in [1.54, 1.807) is 0 Å². The van der Waals surface area contributed by atoms with Crippen molar-refractivity contribution in [3.8, 4) is 0 Å². The van der Waals surface area contributed by atoms with Crippen LogP contribution in [0.15, 0.2) is 12.7 Å². The molecule has 0 atom stereocenters. The molecule has 0 amide bonds. The molecule has 0 unspecified atom stereocenters. The minimum absolute atomic E-state index is 0. The van der Waals surface area contributed by atoms with Crippen LogP contribution in [0, 0.1) is 14.4 Å². The van der Waals surface area contributed by atoms with Crippen LogP contribution in [0.1, 0.15) is 0 Å². The van der Waals surface area contributed by atoms with Gasteiger partial charge in [-0.3, -0.25) is 0 Å². The molecule has 0 bridgehead atoms. The molecule has 0 aromatic heterocycles. The molecule has 0 saturated carbocycles. The van der Waals surface area contributed by atoms with E-state index >= 15 is 0 Å². The molecule has 34 valence electrons. The van der Waals surface area contributed by atoms with Gasteiger partial charge in [-0.25, -0.2) is 19.6 Å². The molecule has 6 heavy (non-hydrogen) atoms. The van der Waals surface area contributed by atoms with Gasteiger partial charge in [-0.15, -0.1) is 17.0 Å². The van der Waals surface area contributed by atoms with Crippen LogP contribution < -0.4 is 0 Å². The van der Waals surface area contributed by atoms with Crippen molar-refractivity contribution >= 4 is 40.0 Å². The fourth-order valence-electron chi connectivity index (χ4n) is 0. The largest absolute Gasteiger partial charge is 2.00 e. The van der Waals surface area contributed by atoms with Crippen LogP contribution in [-0.4, -0.2) is 23.1 Å². The minimum atomic E-state index is 0. The third kappa shape index (κ3) is 98.5. The fourth-order valence-corrected chi connectivity index (χ4v) is 0. The first kappa shape index (κ1) is 28.8. The topological polar surface area (TPSA) is 0 Å². The Morgan fingerprint density at radius 2 is 1.50 bits per heavy atom. The van der Waals surface area contributed by atoms with E-state index < -0.39 is 0 Å². The zero-order chi connectivity index (χ0) is 2.71. The summed E-state index contributed by atoms with van der Waals surface area (Å²) in [4.78, 5) is 0. The number of allylic oxidation sites excluding steroid dienone is 1. The summed E-state index contributed by atoms with van der Waals surface area (Å²) in [6.45, 7) is 6.50. The van der Waals surface area contributed by atoms with E-state index in [9.17, 15) is 0 Å². The number of halogens is 1. The van der Waals surface area contributed by atoms with Crippen molar-refractivity contribution in [1.29, 1.82) is 0 Å². The predicted octanol–water partition coefficient (Wildman–Crippen LogP) is 1.65. The molecule has 0 rings (SSSR count). The van der Waals surface area contributed by atoms with E-state index in [0.29, 0.717) is 0 Å². The summed E-state index contributed by atoms with van der Waals surface area (Å²) in [5.41, 5.74) is 0. The van der Waals surface area contributed by atoms with Gasteiger partial charge < -0.3 is 7.43 Å². The summed E-state index contributed by atoms with van der Waals surface area (Å²) in [6.07, 6.45) is 1.50. The first-order chi connectivity index (χ1) is 1.41. The van der Waals surface area contributed by atoms with E-state index in [-0.39, 0.29) is 47.5 Å². The fraction of sp³-hybridized carbons (Fsp3) is 0. The van der Waals surface area contributed by atoms with E-state index in [1.165, 1.54) is 6.08 Å². The monoisotopic (exact) mass is 160 g/mol. The van der Waals surface area contributed by atoms with Crippen molar-refractivity contribution in [3.63, 3.8) is 0 Å². The second-order valence-electron chi connectivity index (χ2n) is 0.289. The van der Waals surface area contributed by atoms with E-state index in [1.807, 2.05) is 0 Å². The molecule has 0 spiro atoms. The Bertz CT molecular complexity index is 15.0. The molecule has 0 aromatic carbocycles. The normalized spacial score (nSPS) is 2.00. The number of hydrogen-bond donors (Lipinski definition) is 0. The Balaban J connectivity index is -0.00000000667. The molecule has 0 fully saturated rings. The quantitative estimate of drug-likeness (QED) is 0.374. The van der Waals surface area contributed by atoms with Gasteiger partial charge in [0, 0.05) is 0 Å². The van der Waals surface area contributed by atoms with Crippen LogP contribution in [0.3, 0.4) is 0 Å². The van der Waals surface area contributed by atoms with Crippen LogP contribution in [0.2, 0.25) is 0 Å². The van der Waals surface area contributed by atoms with Gasteiger partial charge in [-0.2, -0.15) is 0 Å². The maximum absolute atomic E-state index is 3.25. The predicted molar refractivity (Wildman–Crippen MR) is 38.0 cm³/mol. The van der Waals surface area contributed by atoms with E-state index in [4.69, 9.17) is 0 Å². The molecular weight excluding hydrogens is 152 g/mol. The molecule has 2 heteroatoms. The molecule has 0 N–H and O–H groups in total. The molecule has 0 nitrogen and oxygen atoms in total. The van der Waals surface area contributed by atoms with Crippen LogP contribution in [0.4, 0.5) is 0 Å². The zero-order valence-corrected chi connectivity index (χ0v) is 7.23. The van der Waals surface area contributed by atoms with Gasteiger partial charge in [0.1, 0.15) is 0 Å². The smallest absolute Gasteiger partial charge is 0.358 e. The molecule has 0 heterocycles. The van der Waals surface area contributed by atoms with Gasteiger partial charge in [-0.05, 0) is 0 Å². The second-order valence-corrected chi connectivity index (χ2v) is 0.289. The van der Waals surface area contributed by atoms with Gasteiger partial charge in [-0.1, -0.05) is 0 Å². The Kier molecular flexibility index (Phi) is 193. The Hall–Kier alpha value is 0.856. The summed E-state index contributed by atoms with van der Waals surface area (Å²) < 4.78 is 0. The van der Waals surface area contributed by atoms with Crippen LogP contribution >= 0.6 is 17.0 Å². The second kappa shape index (κ2) is 40.1. The summed E-state index contributed by atoms with van der Waals surface area (Å²) in [7, 11) is 0. The molecule has 0 saturated heterocycles. The Morgan fingerprint density at radius 3 is 1.50 bits per heavy atom. The first-order valence-corrected chi connectivity index (χ1v) is 0.816. The van der Waals surface area contributed by atoms with E-state index in [2.05, 4.69) is 13.5 Å². The summed E-state index contributed by atoms with van der Waals surface area (Å²) in [6, 6.07) is 0. The van der Waals surface area contributed by atoms with Crippen molar-refractivity contribution in [2.45, 2.75) is 0 Å². The molecule has 0 aliphatic carbocycles. The van der Waals surface area contributed by atoms with Crippen molar-refractivity contribution in [3.05, 3.63) is 27.0 Å². The number of hydrogen-bond acceptors (Lipinski definition) is 0. The Morgan fingerprint density at radius 1 is 1.50 bits per heavy atom.